The molecule has 2 aromatic rings. The first kappa shape index (κ1) is 22.8. The van der Waals surface area contributed by atoms with Crippen LogP contribution in [-0.2, 0) is 9.59 Å². The lowest BCUT2D eigenvalue weighted by Gasteiger charge is -2.55. The molecule has 2 N–H and O–H groups in total. The Hall–Kier alpha value is -2.63. The van der Waals surface area contributed by atoms with Crippen LogP contribution in [0.2, 0.25) is 0 Å². The van der Waals surface area contributed by atoms with Crippen molar-refractivity contribution >= 4 is 11.8 Å². The number of aromatic amines is 1. The number of H-pyrrole nitrogens is 1. The minimum absolute atomic E-state index is 0.125. The zero-order chi connectivity index (χ0) is 24.0. The van der Waals surface area contributed by atoms with Crippen LogP contribution in [0.15, 0.2) is 30.3 Å². The molecule has 1 aromatic heterocycles. The fraction of sp³-hybridized carbons (Fsp3) is 0.621. The first-order valence-corrected chi connectivity index (χ1v) is 13.5. The normalized spacial score (nSPS) is 33.5. The average Bonchev–Trinajstić information content (AvgIpc) is 3.31. The van der Waals surface area contributed by atoms with Gasteiger partial charge in [-0.2, -0.15) is 0 Å². The SMILES string of the molecule is O=C(O)C[C@H]1CC[C@H](c2ccc(-c3cc(OCC(=O)C45CC6CC(CC(C6)C4)C5)n[nH]3)cc2)CC1. The van der Waals surface area contributed by atoms with Gasteiger partial charge in [0, 0.05) is 17.9 Å². The molecule has 0 radical (unpaired) electrons. The van der Waals surface area contributed by atoms with Gasteiger partial charge in [-0.1, -0.05) is 24.3 Å². The highest BCUT2D eigenvalue weighted by Gasteiger charge is 2.54. The minimum Gasteiger partial charge on any atom is -0.481 e. The number of hydrogen-bond donors (Lipinski definition) is 2. The predicted octanol–water partition coefficient (Wildman–Crippen LogP) is 5.99. The highest BCUT2D eigenvalue weighted by molar-refractivity contribution is 5.86. The second kappa shape index (κ2) is 9.11. The van der Waals surface area contributed by atoms with E-state index in [1.807, 2.05) is 6.07 Å². The summed E-state index contributed by atoms with van der Waals surface area (Å²) >= 11 is 0. The van der Waals surface area contributed by atoms with Gasteiger partial charge in [0.25, 0.3) is 0 Å². The molecule has 4 bridgehead atoms. The van der Waals surface area contributed by atoms with Crippen LogP contribution < -0.4 is 4.74 Å². The molecule has 0 spiro atoms. The number of carboxylic acid groups (broad SMARTS) is 1. The van der Waals surface area contributed by atoms with Crippen LogP contribution in [0.4, 0.5) is 0 Å². The number of ether oxygens (including phenoxy) is 1. The highest BCUT2D eigenvalue weighted by atomic mass is 16.5. The summed E-state index contributed by atoms with van der Waals surface area (Å²) in [5.74, 6) is 3.17. The van der Waals surface area contributed by atoms with Crippen molar-refractivity contribution in [1.82, 2.24) is 10.2 Å². The lowest BCUT2D eigenvalue weighted by Crippen LogP contribution is -2.51. The Balaban J connectivity index is 1.04. The number of hydrogen-bond acceptors (Lipinski definition) is 4. The Kier molecular flexibility index (Phi) is 5.93. The number of nitrogens with one attached hydrogen (secondary N) is 1. The number of carboxylic acids is 1. The second-order valence-corrected chi connectivity index (χ2v) is 12.0. The third-order valence-corrected chi connectivity index (χ3v) is 9.54. The minimum atomic E-state index is -0.683. The molecule has 5 aliphatic rings. The number of aliphatic carboxylic acids is 1. The van der Waals surface area contributed by atoms with E-state index in [4.69, 9.17) is 9.84 Å². The molecule has 6 heteroatoms. The lowest BCUT2D eigenvalue weighted by atomic mass is 9.48. The molecule has 0 aliphatic heterocycles. The molecule has 0 saturated heterocycles. The monoisotopic (exact) mass is 476 g/mol. The Morgan fingerprint density at radius 3 is 2.20 bits per heavy atom. The van der Waals surface area contributed by atoms with E-state index in [-0.39, 0.29) is 17.8 Å². The smallest absolute Gasteiger partial charge is 0.303 e. The molecule has 0 atom stereocenters. The summed E-state index contributed by atoms with van der Waals surface area (Å²) in [4.78, 5) is 24.2. The zero-order valence-corrected chi connectivity index (χ0v) is 20.4. The van der Waals surface area contributed by atoms with Crippen molar-refractivity contribution in [1.29, 1.82) is 0 Å². The van der Waals surface area contributed by atoms with Crippen LogP contribution in [0.3, 0.4) is 0 Å². The van der Waals surface area contributed by atoms with Crippen LogP contribution in [0.5, 0.6) is 5.88 Å². The van der Waals surface area contributed by atoms with Crippen molar-refractivity contribution < 1.29 is 19.4 Å². The van der Waals surface area contributed by atoms with Crippen LogP contribution in [-0.4, -0.2) is 33.7 Å². The van der Waals surface area contributed by atoms with Gasteiger partial charge in [-0.15, -0.1) is 5.10 Å². The van der Waals surface area contributed by atoms with E-state index < -0.39 is 5.97 Å². The Morgan fingerprint density at radius 1 is 0.971 bits per heavy atom. The molecule has 5 fully saturated rings. The number of nitrogens with zero attached hydrogens (tertiary/aromatic N) is 1. The average molecular weight is 477 g/mol. The topological polar surface area (TPSA) is 92.3 Å². The number of carbonyl (C=O) groups is 2. The molecule has 5 aliphatic carbocycles. The maximum Gasteiger partial charge on any atom is 0.303 e. The summed E-state index contributed by atoms with van der Waals surface area (Å²) in [6.07, 6.45) is 11.6. The largest absolute Gasteiger partial charge is 0.481 e. The summed E-state index contributed by atoms with van der Waals surface area (Å²) < 4.78 is 5.88. The molecule has 0 unspecified atom stereocenters. The third kappa shape index (κ3) is 4.64. The van der Waals surface area contributed by atoms with Gasteiger partial charge in [0.1, 0.15) is 6.61 Å². The van der Waals surface area contributed by atoms with Gasteiger partial charge in [0.2, 0.25) is 5.88 Å². The van der Waals surface area contributed by atoms with E-state index in [1.165, 1.54) is 24.8 Å². The van der Waals surface area contributed by atoms with Crippen LogP contribution in [0.1, 0.15) is 82.1 Å². The van der Waals surface area contributed by atoms with Crippen molar-refractivity contribution in [2.24, 2.45) is 29.1 Å². The van der Waals surface area contributed by atoms with Gasteiger partial charge >= 0.3 is 5.97 Å². The molecule has 35 heavy (non-hydrogen) atoms. The number of rotatable bonds is 8. The van der Waals surface area contributed by atoms with Gasteiger partial charge in [-0.05, 0) is 105 Å². The van der Waals surface area contributed by atoms with E-state index in [0.29, 0.717) is 24.1 Å². The van der Waals surface area contributed by atoms with Gasteiger partial charge in [0.05, 0.1) is 5.69 Å². The van der Waals surface area contributed by atoms with Crippen molar-refractivity contribution in [2.75, 3.05) is 6.61 Å². The molecule has 1 heterocycles. The number of Topliss-reactive ketones (excluding diaryl/α,β-unsaturated/α-hetero) is 1. The third-order valence-electron chi connectivity index (χ3n) is 9.54. The van der Waals surface area contributed by atoms with Crippen molar-refractivity contribution in [3.63, 3.8) is 0 Å². The van der Waals surface area contributed by atoms with Crippen molar-refractivity contribution in [3.8, 4) is 17.1 Å². The summed E-state index contributed by atoms with van der Waals surface area (Å²) in [6, 6.07) is 10.5. The lowest BCUT2D eigenvalue weighted by molar-refractivity contribution is -0.146. The summed E-state index contributed by atoms with van der Waals surface area (Å²) in [7, 11) is 0. The maximum atomic E-state index is 13.2. The molecule has 7 rings (SSSR count). The predicted molar refractivity (Wildman–Crippen MR) is 132 cm³/mol. The molecular weight excluding hydrogens is 440 g/mol. The number of ketones is 1. The number of benzene rings is 1. The zero-order valence-electron chi connectivity index (χ0n) is 20.4. The molecule has 1 aromatic carbocycles. The van der Waals surface area contributed by atoms with Gasteiger partial charge in [-0.25, -0.2) is 0 Å². The van der Waals surface area contributed by atoms with Gasteiger partial charge in [0.15, 0.2) is 5.78 Å². The Morgan fingerprint density at radius 2 is 1.60 bits per heavy atom. The first-order valence-electron chi connectivity index (χ1n) is 13.5. The highest BCUT2D eigenvalue weighted by Crippen LogP contribution is 2.60. The standard InChI is InChI=1S/C29H36N2O4/c32-26(29-14-19-9-20(15-29)11-21(10-19)16-29)17-35-27-13-25(30-31-27)24-7-5-23(6-8-24)22-3-1-18(2-4-22)12-28(33)34/h5-8,13,18-22H,1-4,9-12,14-17H2,(H,30,31)(H,33,34)/t18-,19?,20?,21?,22-,29?. The quantitative estimate of drug-likeness (QED) is 0.488. The second-order valence-electron chi connectivity index (χ2n) is 12.0. The molecule has 5 saturated carbocycles. The number of carbonyl (C=O) groups excluding carboxylic acids is 1. The molecule has 6 nitrogen and oxygen atoms in total. The maximum absolute atomic E-state index is 13.2. The van der Waals surface area contributed by atoms with Crippen LogP contribution >= 0.6 is 0 Å². The first-order chi connectivity index (χ1) is 17.0. The molecule has 0 amide bonds. The van der Waals surface area contributed by atoms with Gasteiger partial charge < -0.3 is 9.84 Å². The Bertz CT molecular complexity index is 1050. The van der Waals surface area contributed by atoms with E-state index >= 15 is 0 Å². The van der Waals surface area contributed by atoms with Crippen LogP contribution in [0.25, 0.3) is 11.3 Å². The van der Waals surface area contributed by atoms with E-state index in [0.717, 1.165) is 74.0 Å². The Labute approximate surface area is 206 Å². The fourth-order valence-corrected chi connectivity index (χ4v) is 8.15. The summed E-state index contributed by atoms with van der Waals surface area (Å²) in [5, 5.41) is 16.4. The summed E-state index contributed by atoms with van der Waals surface area (Å²) in [6.45, 7) is 0.125. The van der Waals surface area contributed by atoms with E-state index in [9.17, 15) is 9.59 Å². The van der Waals surface area contributed by atoms with Gasteiger partial charge in [-0.3, -0.25) is 14.7 Å². The van der Waals surface area contributed by atoms with Crippen molar-refractivity contribution in [2.45, 2.75) is 76.5 Å². The van der Waals surface area contributed by atoms with E-state index in [1.54, 1.807) is 0 Å². The van der Waals surface area contributed by atoms with E-state index in [2.05, 4.69) is 34.5 Å². The summed E-state index contributed by atoms with van der Waals surface area (Å²) in [5.41, 5.74) is 3.12. The fourth-order valence-electron chi connectivity index (χ4n) is 8.15. The number of aromatic nitrogens is 2. The van der Waals surface area contributed by atoms with Crippen LogP contribution in [0, 0.1) is 29.1 Å². The van der Waals surface area contributed by atoms with Crippen molar-refractivity contribution in [3.05, 3.63) is 35.9 Å². The molecular formula is C29H36N2O4. The molecule has 186 valence electrons.